The monoisotopic (exact) mass is 277 g/mol. The molecule has 1 fully saturated rings. The van der Waals surface area contributed by atoms with Crippen LogP contribution in [0.25, 0.3) is 0 Å². The molecule has 1 saturated heterocycles. The van der Waals surface area contributed by atoms with Crippen LogP contribution in [0.15, 0.2) is 30.3 Å². The Hall–Kier alpha value is -1.55. The van der Waals surface area contributed by atoms with Crippen molar-refractivity contribution < 1.29 is 14.6 Å². The van der Waals surface area contributed by atoms with Crippen LogP contribution in [0.2, 0.25) is 0 Å². The second-order valence-corrected chi connectivity index (χ2v) is 5.18. The molecule has 110 valence electrons. The van der Waals surface area contributed by atoms with Gasteiger partial charge in [-0.15, -0.1) is 0 Å². The topological polar surface area (TPSA) is 49.8 Å². The van der Waals surface area contributed by atoms with Gasteiger partial charge in [0.1, 0.15) is 5.75 Å². The highest BCUT2D eigenvalue weighted by Crippen LogP contribution is 2.18. The lowest BCUT2D eigenvalue weighted by atomic mass is 10.0. The van der Waals surface area contributed by atoms with Gasteiger partial charge < -0.3 is 14.7 Å². The molecule has 1 aromatic rings. The molecule has 20 heavy (non-hydrogen) atoms. The van der Waals surface area contributed by atoms with Crippen LogP contribution in [0.3, 0.4) is 0 Å². The van der Waals surface area contributed by atoms with Gasteiger partial charge >= 0.3 is 0 Å². The van der Waals surface area contributed by atoms with Crippen molar-refractivity contribution in [2.45, 2.75) is 38.1 Å². The van der Waals surface area contributed by atoms with Gasteiger partial charge in [-0.3, -0.25) is 4.79 Å². The van der Waals surface area contributed by atoms with Gasteiger partial charge in [-0.2, -0.15) is 0 Å². The van der Waals surface area contributed by atoms with E-state index in [1.807, 2.05) is 35.2 Å². The normalized spacial score (nSPS) is 18.9. The Balaban J connectivity index is 1.69. The van der Waals surface area contributed by atoms with Crippen LogP contribution < -0.4 is 4.74 Å². The third-order valence-corrected chi connectivity index (χ3v) is 3.71. The number of para-hydroxylation sites is 1. The smallest absolute Gasteiger partial charge is 0.223 e. The fraction of sp³-hybridized carbons (Fsp3) is 0.562. The fourth-order valence-corrected chi connectivity index (χ4v) is 2.59. The number of piperidine rings is 1. The van der Waals surface area contributed by atoms with E-state index in [0.29, 0.717) is 19.4 Å². The number of amides is 1. The first-order valence-electron chi connectivity index (χ1n) is 7.39. The van der Waals surface area contributed by atoms with Gasteiger partial charge in [0.05, 0.1) is 19.3 Å². The summed E-state index contributed by atoms with van der Waals surface area (Å²) in [6.07, 6.45) is 4.27. The summed E-state index contributed by atoms with van der Waals surface area (Å²) in [6, 6.07) is 9.65. The summed E-state index contributed by atoms with van der Waals surface area (Å²) in [5.74, 6) is 0.978. The molecule has 4 nitrogen and oxygen atoms in total. The van der Waals surface area contributed by atoms with Gasteiger partial charge in [0.2, 0.25) is 5.91 Å². The van der Waals surface area contributed by atoms with Gasteiger partial charge in [-0.1, -0.05) is 18.2 Å². The number of ether oxygens (including phenoxy) is 1. The van der Waals surface area contributed by atoms with Crippen LogP contribution in [-0.4, -0.2) is 41.7 Å². The molecule has 1 heterocycles. The summed E-state index contributed by atoms with van der Waals surface area (Å²) >= 11 is 0. The average Bonchev–Trinajstić information content (AvgIpc) is 2.52. The predicted octanol–water partition coefficient (Wildman–Crippen LogP) is 2.22. The summed E-state index contributed by atoms with van der Waals surface area (Å²) < 4.78 is 5.58. The maximum atomic E-state index is 12.1. The van der Waals surface area contributed by atoms with Crippen molar-refractivity contribution >= 4 is 5.91 Å². The Morgan fingerprint density at radius 3 is 2.85 bits per heavy atom. The number of hydrogen-bond donors (Lipinski definition) is 1. The van der Waals surface area contributed by atoms with E-state index in [-0.39, 0.29) is 18.6 Å². The number of aliphatic hydroxyl groups excluding tert-OH is 1. The van der Waals surface area contributed by atoms with Gasteiger partial charge in [-0.25, -0.2) is 0 Å². The van der Waals surface area contributed by atoms with Crippen LogP contribution in [0.4, 0.5) is 0 Å². The van der Waals surface area contributed by atoms with Crippen LogP contribution in [0, 0.1) is 0 Å². The number of benzene rings is 1. The lowest BCUT2D eigenvalue weighted by Crippen LogP contribution is -2.45. The van der Waals surface area contributed by atoms with Crippen LogP contribution in [0.1, 0.15) is 32.1 Å². The number of hydrogen-bond acceptors (Lipinski definition) is 3. The number of carbonyl (C=O) groups is 1. The van der Waals surface area contributed by atoms with E-state index >= 15 is 0 Å². The van der Waals surface area contributed by atoms with Crippen LogP contribution in [-0.2, 0) is 4.79 Å². The number of likely N-dealkylation sites (tertiary alicyclic amines) is 1. The molecule has 1 aromatic carbocycles. The van der Waals surface area contributed by atoms with Crippen molar-refractivity contribution in [1.82, 2.24) is 4.90 Å². The Morgan fingerprint density at radius 2 is 2.10 bits per heavy atom. The van der Waals surface area contributed by atoms with Crippen molar-refractivity contribution in [2.75, 3.05) is 19.8 Å². The minimum absolute atomic E-state index is 0.0197. The maximum absolute atomic E-state index is 12.1. The first-order valence-corrected chi connectivity index (χ1v) is 7.39. The van der Waals surface area contributed by atoms with E-state index in [2.05, 4.69) is 0 Å². The van der Waals surface area contributed by atoms with Crippen molar-refractivity contribution in [1.29, 1.82) is 0 Å². The van der Waals surface area contributed by atoms with Gasteiger partial charge in [-0.05, 0) is 37.8 Å². The first kappa shape index (κ1) is 14.9. The molecule has 1 unspecified atom stereocenters. The molecule has 2 rings (SSSR count). The molecule has 1 N–H and O–H groups in total. The van der Waals surface area contributed by atoms with Crippen LogP contribution in [0.5, 0.6) is 5.75 Å². The molecule has 4 heteroatoms. The fourth-order valence-electron chi connectivity index (χ4n) is 2.59. The van der Waals surface area contributed by atoms with Gasteiger partial charge in [0, 0.05) is 13.0 Å². The number of rotatable bonds is 6. The quantitative estimate of drug-likeness (QED) is 0.811. The van der Waals surface area contributed by atoms with E-state index in [1.165, 1.54) is 0 Å². The Bertz CT molecular complexity index is 407. The van der Waals surface area contributed by atoms with Crippen molar-refractivity contribution in [3.63, 3.8) is 0 Å². The molecule has 0 spiro atoms. The molecule has 0 saturated carbocycles. The second-order valence-electron chi connectivity index (χ2n) is 5.18. The lowest BCUT2D eigenvalue weighted by molar-refractivity contribution is -0.136. The zero-order valence-electron chi connectivity index (χ0n) is 11.8. The lowest BCUT2D eigenvalue weighted by Gasteiger charge is -2.34. The third-order valence-electron chi connectivity index (χ3n) is 3.71. The second kappa shape index (κ2) is 7.90. The average molecular weight is 277 g/mol. The van der Waals surface area contributed by atoms with Gasteiger partial charge in [0.15, 0.2) is 0 Å². The third kappa shape index (κ3) is 4.23. The molecule has 1 aliphatic rings. The standard InChI is InChI=1S/C16H23NO3/c18-13-14-7-4-5-11-17(14)16(19)10-6-12-20-15-8-2-1-3-9-15/h1-3,8-9,14,18H,4-7,10-13H2. The Labute approximate surface area is 120 Å². The highest BCUT2D eigenvalue weighted by molar-refractivity contribution is 5.76. The molecule has 0 bridgehead atoms. The first-order chi connectivity index (χ1) is 9.81. The molecule has 1 atom stereocenters. The zero-order chi connectivity index (χ0) is 14.2. The Morgan fingerprint density at radius 1 is 1.30 bits per heavy atom. The minimum Gasteiger partial charge on any atom is -0.494 e. The van der Waals surface area contributed by atoms with E-state index < -0.39 is 0 Å². The zero-order valence-corrected chi connectivity index (χ0v) is 11.8. The minimum atomic E-state index is 0.0197. The summed E-state index contributed by atoms with van der Waals surface area (Å²) in [5, 5.41) is 9.31. The van der Waals surface area contributed by atoms with Crippen molar-refractivity contribution in [3.05, 3.63) is 30.3 Å². The van der Waals surface area contributed by atoms with Crippen molar-refractivity contribution in [2.24, 2.45) is 0 Å². The summed E-state index contributed by atoms with van der Waals surface area (Å²) in [4.78, 5) is 14.0. The highest BCUT2D eigenvalue weighted by atomic mass is 16.5. The summed E-state index contributed by atoms with van der Waals surface area (Å²) in [6.45, 7) is 1.41. The predicted molar refractivity (Wildman–Crippen MR) is 77.6 cm³/mol. The number of carbonyl (C=O) groups excluding carboxylic acids is 1. The summed E-state index contributed by atoms with van der Waals surface area (Å²) in [5.41, 5.74) is 0. The molecule has 1 amide bonds. The summed E-state index contributed by atoms with van der Waals surface area (Å²) in [7, 11) is 0. The Kier molecular flexibility index (Phi) is 5.87. The molecule has 0 aromatic heterocycles. The van der Waals surface area contributed by atoms with Crippen molar-refractivity contribution in [3.8, 4) is 5.75 Å². The SMILES string of the molecule is O=C(CCCOc1ccccc1)N1CCCCC1CO. The number of aliphatic hydroxyl groups is 1. The van der Waals surface area contributed by atoms with E-state index in [9.17, 15) is 9.90 Å². The van der Waals surface area contributed by atoms with E-state index in [4.69, 9.17) is 4.74 Å². The maximum Gasteiger partial charge on any atom is 0.223 e. The molecule has 1 aliphatic heterocycles. The molecular formula is C16H23NO3. The van der Waals surface area contributed by atoms with Crippen LogP contribution >= 0.6 is 0 Å². The number of nitrogens with zero attached hydrogens (tertiary/aromatic N) is 1. The largest absolute Gasteiger partial charge is 0.494 e. The van der Waals surface area contributed by atoms with E-state index in [1.54, 1.807) is 0 Å². The molecule has 0 aliphatic carbocycles. The molecule has 0 radical (unpaired) electrons. The van der Waals surface area contributed by atoms with Gasteiger partial charge in [0.25, 0.3) is 0 Å². The highest BCUT2D eigenvalue weighted by Gasteiger charge is 2.25. The van der Waals surface area contributed by atoms with E-state index in [0.717, 1.165) is 31.6 Å². The molecular weight excluding hydrogens is 254 g/mol.